The van der Waals surface area contributed by atoms with E-state index in [1.807, 2.05) is 0 Å². The van der Waals surface area contributed by atoms with E-state index in [1.165, 1.54) is 6.92 Å². The predicted molar refractivity (Wildman–Crippen MR) is 93.5 cm³/mol. The van der Waals surface area contributed by atoms with Crippen molar-refractivity contribution in [3.8, 4) is 5.75 Å². The van der Waals surface area contributed by atoms with Gasteiger partial charge in [-0.05, 0) is 18.2 Å². The van der Waals surface area contributed by atoms with E-state index in [-0.39, 0.29) is 16.3 Å². The molecule has 0 saturated heterocycles. The summed E-state index contributed by atoms with van der Waals surface area (Å²) in [5, 5.41) is 33.8. The highest BCUT2D eigenvalue weighted by Gasteiger charge is 2.21. The van der Waals surface area contributed by atoms with Crippen molar-refractivity contribution < 1.29 is 28.2 Å². The second-order valence-electron chi connectivity index (χ2n) is 5.29. The second kappa shape index (κ2) is 7.37. The third-order valence-electron chi connectivity index (χ3n) is 3.54. The number of rotatable bonds is 6. The lowest BCUT2D eigenvalue weighted by atomic mass is 10.1. The van der Waals surface area contributed by atoms with E-state index in [1.54, 1.807) is 0 Å². The minimum atomic E-state index is -3.61. The third-order valence-corrected chi connectivity index (χ3v) is 5.27. The number of nitrogens with zero attached hydrogens (tertiary/aromatic N) is 2. The summed E-state index contributed by atoms with van der Waals surface area (Å²) in [6.07, 6.45) is 0. The zero-order valence-corrected chi connectivity index (χ0v) is 14.6. The molecule has 2 rings (SSSR count). The van der Waals surface area contributed by atoms with Crippen LogP contribution in [0.2, 0.25) is 0 Å². The number of nitro groups is 2. The maximum Gasteiger partial charge on any atom is 0.277 e. The van der Waals surface area contributed by atoms with Gasteiger partial charge in [0.1, 0.15) is 5.75 Å². The Morgan fingerprint density at radius 1 is 1.07 bits per heavy atom. The first-order valence-corrected chi connectivity index (χ1v) is 9.01. The Bertz CT molecular complexity index is 1020. The van der Waals surface area contributed by atoms with Crippen molar-refractivity contribution >= 4 is 32.8 Å². The summed E-state index contributed by atoms with van der Waals surface area (Å²) in [5.74, 6) is -1.65. The molecule has 0 spiro atoms. The van der Waals surface area contributed by atoms with Gasteiger partial charge in [0.05, 0.1) is 37.8 Å². The molecule has 0 atom stereocenters. The van der Waals surface area contributed by atoms with Crippen molar-refractivity contribution in [2.75, 3.05) is 11.1 Å². The Morgan fingerprint density at radius 2 is 1.63 bits per heavy atom. The number of hydrogen-bond donors (Lipinski definition) is 2. The van der Waals surface area contributed by atoms with Crippen LogP contribution in [0.25, 0.3) is 0 Å². The Kier molecular flexibility index (Phi) is 5.40. The number of sulfone groups is 1. The summed E-state index contributed by atoms with van der Waals surface area (Å²) in [6, 6.07) is 5.59. The van der Waals surface area contributed by atoms with Crippen LogP contribution >= 0.6 is 0 Å². The maximum absolute atomic E-state index is 12.3. The topological polar surface area (TPSA) is 170 Å². The number of carbonyl (C=O) groups is 1. The van der Waals surface area contributed by atoms with Crippen LogP contribution in [0.5, 0.6) is 5.75 Å². The number of carbonyl (C=O) groups excluding carboxylic acids is 1. The quantitative estimate of drug-likeness (QED) is 0.426. The molecule has 1 amide bonds. The number of phenolic OH excluding ortho intramolecular Hbond substituents is 1. The number of nitrogens with one attached hydrogen (secondary N) is 1. The van der Waals surface area contributed by atoms with Crippen molar-refractivity contribution in [3.63, 3.8) is 0 Å². The largest absolute Gasteiger partial charge is 0.506 e. The lowest BCUT2D eigenvalue weighted by Crippen LogP contribution is -2.13. The van der Waals surface area contributed by atoms with E-state index < -0.39 is 48.3 Å². The van der Waals surface area contributed by atoms with Gasteiger partial charge in [-0.15, -0.1) is 0 Å². The van der Waals surface area contributed by atoms with Crippen molar-refractivity contribution in [1.29, 1.82) is 0 Å². The fraction of sp³-hybridized carbons (Fsp3) is 0.133. The Morgan fingerprint density at radius 3 is 2.11 bits per heavy atom. The normalized spacial score (nSPS) is 11.0. The number of non-ortho nitro benzene ring substituents is 2. The van der Waals surface area contributed by atoms with Gasteiger partial charge in [0.2, 0.25) is 0 Å². The van der Waals surface area contributed by atoms with Gasteiger partial charge in [0.15, 0.2) is 9.84 Å². The minimum absolute atomic E-state index is 0.150. The average Bonchev–Trinajstić information content (AvgIpc) is 2.62. The second-order valence-corrected chi connectivity index (χ2v) is 7.57. The van der Waals surface area contributed by atoms with Gasteiger partial charge in [-0.3, -0.25) is 25.0 Å². The van der Waals surface area contributed by atoms with Crippen LogP contribution in [0.4, 0.5) is 17.1 Å². The molecule has 12 heteroatoms. The lowest BCUT2D eigenvalue weighted by Gasteiger charge is -2.10. The summed E-state index contributed by atoms with van der Waals surface area (Å²) in [6.45, 7) is 1.42. The molecular formula is C15H13N3O8S. The first-order chi connectivity index (χ1) is 12.5. The molecule has 0 radical (unpaired) electrons. The number of benzene rings is 2. The molecule has 11 nitrogen and oxygen atoms in total. The van der Waals surface area contributed by atoms with Gasteiger partial charge in [0, 0.05) is 12.1 Å². The summed E-state index contributed by atoms with van der Waals surface area (Å²) < 4.78 is 23.8. The summed E-state index contributed by atoms with van der Waals surface area (Å²) in [4.78, 5) is 32.2. The number of hydrogen-bond acceptors (Lipinski definition) is 8. The molecule has 0 saturated carbocycles. The molecular weight excluding hydrogens is 382 g/mol. The van der Waals surface area contributed by atoms with E-state index >= 15 is 0 Å². The van der Waals surface area contributed by atoms with Crippen LogP contribution in [0, 0.1) is 20.2 Å². The molecule has 0 aliphatic heterocycles. The Balaban J connectivity index is 2.45. The number of amides is 1. The molecule has 0 aliphatic carbocycles. The van der Waals surface area contributed by atoms with Crippen LogP contribution < -0.4 is 5.32 Å². The molecule has 0 aliphatic rings. The fourth-order valence-electron chi connectivity index (χ4n) is 2.11. The van der Waals surface area contributed by atoms with Gasteiger partial charge in [-0.2, -0.15) is 0 Å². The molecule has 0 unspecified atom stereocenters. The zero-order valence-electron chi connectivity index (χ0n) is 13.8. The minimum Gasteiger partial charge on any atom is -0.506 e. The number of nitro benzene ring substituents is 2. The highest BCUT2D eigenvalue weighted by molar-refractivity contribution is 7.91. The average molecular weight is 395 g/mol. The van der Waals surface area contributed by atoms with E-state index in [2.05, 4.69) is 5.32 Å². The summed E-state index contributed by atoms with van der Waals surface area (Å²) >= 11 is 0. The third kappa shape index (κ3) is 4.36. The molecule has 0 bridgehead atoms. The molecule has 2 aromatic carbocycles. The predicted octanol–water partition coefficient (Wildman–Crippen LogP) is 2.25. The van der Waals surface area contributed by atoms with Crippen LogP contribution in [-0.2, 0) is 9.84 Å². The molecule has 0 heterocycles. The molecule has 0 aromatic heterocycles. The SMILES string of the molecule is CCS(=O)(=O)c1ccc(O)c(NC(=O)c2cc([N+](=O)[O-])cc([N+](=O)[O-])c2)c1. The van der Waals surface area contributed by atoms with E-state index in [4.69, 9.17) is 0 Å². The van der Waals surface area contributed by atoms with Crippen LogP contribution in [0.3, 0.4) is 0 Å². The number of aromatic hydroxyl groups is 1. The molecule has 2 N–H and O–H groups in total. The molecule has 27 heavy (non-hydrogen) atoms. The fourth-order valence-corrected chi connectivity index (χ4v) is 3.01. The molecule has 2 aromatic rings. The Hall–Kier alpha value is -3.54. The van der Waals surface area contributed by atoms with Gasteiger partial charge >= 0.3 is 0 Å². The molecule has 0 fully saturated rings. The summed E-state index contributed by atoms with van der Waals surface area (Å²) in [7, 11) is -3.61. The summed E-state index contributed by atoms with van der Waals surface area (Å²) in [5.41, 5.74) is -2.00. The monoisotopic (exact) mass is 395 g/mol. The highest BCUT2D eigenvalue weighted by Crippen LogP contribution is 2.29. The first-order valence-electron chi connectivity index (χ1n) is 7.36. The van der Waals surface area contributed by atoms with Crippen molar-refractivity contribution in [2.24, 2.45) is 0 Å². The maximum atomic E-state index is 12.3. The Labute approximate surface area is 152 Å². The van der Waals surface area contributed by atoms with Gasteiger partial charge in [0.25, 0.3) is 17.3 Å². The van der Waals surface area contributed by atoms with Crippen molar-refractivity contribution in [2.45, 2.75) is 11.8 Å². The van der Waals surface area contributed by atoms with Crippen LogP contribution in [0.1, 0.15) is 17.3 Å². The van der Waals surface area contributed by atoms with E-state index in [0.29, 0.717) is 6.07 Å². The van der Waals surface area contributed by atoms with E-state index in [9.17, 15) is 38.5 Å². The van der Waals surface area contributed by atoms with Crippen molar-refractivity contribution in [1.82, 2.24) is 0 Å². The van der Waals surface area contributed by atoms with Crippen LogP contribution in [0.15, 0.2) is 41.3 Å². The number of phenols is 1. The van der Waals surface area contributed by atoms with Crippen LogP contribution in [-0.4, -0.2) is 35.0 Å². The standard InChI is InChI=1S/C15H13N3O8S/c1-2-27(25,26)12-3-4-14(19)13(8-12)16-15(20)9-5-10(17(21)22)7-11(6-9)18(23)24/h3-8,19H,2H2,1H3,(H,16,20). The highest BCUT2D eigenvalue weighted by atomic mass is 32.2. The lowest BCUT2D eigenvalue weighted by molar-refractivity contribution is -0.394. The van der Waals surface area contributed by atoms with Crippen molar-refractivity contribution in [3.05, 3.63) is 62.2 Å². The van der Waals surface area contributed by atoms with Gasteiger partial charge in [-0.1, -0.05) is 6.92 Å². The van der Waals surface area contributed by atoms with Gasteiger partial charge < -0.3 is 10.4 Å². The zero-order chi connectivity index (χ0) is 20.4. The van der Waals surface area contributed by atoms with Gasteiger partial charge in [-0.25, -0.2) is 8.42 Å². The number of anilines is 1. The van der Waals surface area contributed by atoms with E-state index in [0.717, 1.165) is 30.3 Å². The molecule has 142 valence electrons. The smallest absolute Gasteiger partial charge is 0.277 e. The first kappa shape index (κ1) is 19.8.